The van der Waals surface area contributed by atoms with Gasteiger partial charge >= 0.3 is 5.97 Å². The number of nitrogens with zero attached hydrogens (tertiary/aromatic N) is 5. The Kier molecular flexibility index (Phi) is 9.10. The lowest BCUT2D eigenvalue weighted by Gasteiger charge is -2.30. The first-order chi connectivity index (χ1) is 23.4. The number of ether oxygens (including phenoxy) is 2. The van der Waals surface area contributed by atoms with Gasteiger partial charge in [0.1, 0.15) is 35.6 Å². The first kappa shape index (κ1) is 33.2. The van der Waals surface area contributed by atoms with E-state index in [1.807, 2.05) is 41.4 Å². The summed E-state index contributed by atoms with van der Waals surface area (Å²) in [6, 6.07) is 18.7. The van der Waals surface area contributed by atoms with Gasteiger partial charge in [-0.15, -0.1) is 0 Å². The SMILES string of the molecule is CC(C)(C)OC(=O)CCC(C(N)=O)N1Cc2c(OCc3ccc(-c4cnc5n4CCN(c4ccc(C#N)cc4F)C5)cc3)cccc2C1=O. The fraction of sp³-hybridized carbons (Fsp3) is 0.324. The Balaban J connectivity index is 1.10. The van der Waals surface area contributed by atoms with Gasteiger partial charge in [-0.25, -0.2) is 9.37 Å². The highest BCUT2D eigenvalue weighted by atomic mass is 19.1. The smallest absolute Gasteiger partial charge is 0.306 e. The van der Waals surface area contributed by atoms with Crippen molar-refractivity contribution < 1.29 is 28.2 Å². The quantitative estimate of drug-likeness (QED) is 0.231. The second-order valence-corrected chi connectivity index (χ2v) is 13.2. The van der Waals surface area contributed by atoms with E-state index in [2.05, 4.69) is 9.55 Å². The van der Waals surface area contributed by atoms with Crippen LogP contribution in [0.4, 0.5) is 10.1 Å². The Morgan fingerprint density at radius 1 is 1.08 bits per heavy atom. The summed E-state index contributed by atoms with van der Waals surface area (Å²) in [6.07, 6.45) is 1.83. The molecule has 1 aromatic heterocycles. The lowest BCUT2D eigenvalue weighted by atomic mass is 10.1. The number of halogens is 1. The number of hydrogen-bond donors (Lipinski definition) is 1. The Labute approximate surface area is 283 Å². The average molecular weight is 665 g/mol. The van der Waals surface area contributed by atoms with Crippen LogP contribution in [0.25, 0.3) is 11.3 Å². The topological polar surface area (TPSA) is 144 Å². The van der Waals surface area contributed by atoms with E-state index in [1.54, 1.807) is 51.1 Å². The van der Waals surface area contributed by atoms with Crippen LogP contribution in [0.3, 0.4) is 0 Å². The molecule has 3 heterocycles. The van der Waals surface area contributed by atoms with Gasteiger partial charge in [0.2, 0.25) is 5.91 Å². The van der Waals surface area contributed by atoms with Crippen LogP contribution in [-0.4, -0.2) is 50.4 Å². The number of anilines is 1. The number of benzene rings is 3. The maximum Gasteiger partial charge on any atom is 0.306 e. The molecule has 49 heavy (non-hydrogen) atoms. The molecule has 2 aliphatic rings. The van der Waals surface area contributed by atoms with Gasteiger partial charge in [0.15, 0.2) is 0 Å². The van der Waals surface area contributed by atoms with Crippen molar-refractivity contribution >= 4 is 23.5 Å². The molecule has 0 aliphatic carbocycles. The Bertz CT molecular complexity index is 1960. The number of nitrogens with two attached hydrogens (primary N) is 1. The largest absolute Gasteiger partial charge is 0.489 e. The van der Waals surface area contributed by atoms with Crippen LogP contribution in [-0.2, 0) is 40.6 Å². The minimum atomic E-state index is -0.970. The highest BCUT2D eigenvalue weighted by Gasteiger charge is 2.37. The number of rotatable bonds is 10. The van der Waals surface area contributed by atoms with E-state index in [4.69, 9.17) is 20.5 Å². The van der Waals surface area contributed by atoms with Crippen molar-refractivity contribution in [2.24, 2.45) is 5.73 Å². The zero-order valence-electron chi connectivity index (χ0n) is 27.6. The van der Waals surface area contributed by atoms with Crippen LogP contribution in [0.2, 0.25) is 0 Å². The minimum Gasteiger partial charge on any atom is -0.489 e. The highest BCUT2D eigenvalue weighted by molar-refractivity contribution is 6.01. The molecule has 12 heteroatoms. The highest BCUT2D eigenvalue weighted by Crippen LogP contribution is 2.34. The van der Waals surface area contributed by atoms with Crippen LogP contribution in [0.1, 0.15) is 66.5 Å². The van der Waals surface area contributed by atoms with E-state index in [-0.39, 0.29) is 37.5 Å². The molecule has 2 amide bonds. The maximum absolute atomic E-state index is 14.7. The van der Waals surface area contributed by atoms with Crippen LogP contribution >= 0.6 is 0 Å². The number of carbonyl (C=O) groups is 3. The van der Waals surface area contributed by atoms with Crippen LogP contribution < -0.4 is 15.4 Å². The first-order valence-corrected chi connectivity index (χ1v) is 16.1. The van der Waals surface area contributed by atoms with Crippen molar-refractivity contribution in [3.63, 3.8) is 0 Å². The monoisotopic (exact) mass is 664 g/mol. The summed E-state index contributed by atoms with van der Waals surface area (Å²) in [7, 11) is 0. The summed E-state index contributed by atoms with van der Waals surface area (Å²) in [5.74, 6) is -0.569. The molecule has 0 saturated heterocycles. The fourth-order valence-electron chi connectivity index (χ4n) is 6.27. The van der Waals surface area contributed by atoms with Gasteiger partial charge in [-0.3, -0.25) is 14.4 Å². The van der Waals surface area contributed by atoms with Gasteiger partial charge < -0.3 is 29.6 Å². The summed E-state index contributed by atoms with van der Waals surface area (Å²) in [4.78, 5) is 45.9. The van der Waals surface area contributed by atoms with Gasteiger partial charge in [0.05, 0.1) is 42.3 Å². The zero-order chi connectivity index (χ0) is 34.9. The minimum absolute atomic E-state index is 0.0521. The van der Waals surface area contributed by atoms with Gasteiger partial charge in [0.25, 0.3) is 5.91 Å². The second kappa shape index (κ2) is 13.4. The number of nitriles is 1. The fourth-order valence-corrected chi connectivity index (χ4v) is 6.27. The van der Waals surface area contributed by atoms with Crippen molar-refractivity contribution in [3.05, 3.63) is 101 Å². The lowest BCUT2D eigenvalue weighted by molar-refractivity contribution is -0.155. The van der Waals surface area contributed by atoms with Crippen molar-refractivity contribution in [2.75, 3.05) is 11.4 Å². The molecule has 0 fully saturated rings. The molecule has 1 unspecified atom stereocenters. The predicted molar refractivity (Wildman–Crippen MR) is 179 cm³/mol. The van der Waals surface area contributed by atoms with E-state index >= 15 is 0 Å². The second-order valence-electron chi connectivity index (χ2n) is 13.2. The van der Waals surface area contributed by atoms with Crippen LogP contribution in [0.5, 0.6) is 5.75 Å². The third kappa shape index (κ3) is 7.11. The molecular formula is C37H37FN6O5. The third-order valence-corrected chi connectivity index (χ3v) is 8.62. The van der Waals surface area contributed by atoms with E-state index in [1.165, 1.54) is 11.0 Å². The van der Waals surface area contributed by atoms with Gasteiger partial charge in [-0.05, 0) is 68.7 Å². The molecule has 0 saturated carbocycles. The third-order valence-electron chi connectivity index (χ3n) is 8.62. The van der Waals surface area contributed by atoms with Gasteiger partial charge in [-0.2, -0.15) is 5.26 Å². The predicted octanol–water partition coefficient (Wildman–Crippen LogP) is 5.09. The number of primary amides is 1. The molecule has 252 valence electrons. The number of amides is 2. The van der Waals surface area contributed by atoms with E-state index in [9.17, 15) is 18.8 Å². The molecule has 11 nitrogen and oxygen atoms in total. The average Bonchev–Trinajstić information content (AvgIpc) is 3.64. The first-order valence-electron chi connectivity index (χ1n) is 16.1. The number of fused-ring (bicyclic) bond motifs is 2. The summed E-state index contributed by atoms with van der Waals surface area (Å²) in [5, 5.41) is 9.05. The van der Waals surface area contributed by atoms with Gasteiger partial charge in [0, 0.05) is 30.6 Å². The number of hydrogen-bond acceptors (Lipinski definition) is 8. The normalized spacial score (nSPS) is 14.6. The van der Waals surface area contributed by atoms with E-state index in [0.717, 1.165) is 22.6 Å². The maximum atomic E-state index is 14.7. The van der Waals surface area contributed by atoms with Crippen LogP contribution in [0.15, 0.2) is 66.9 Å². The summed E-state index contributed by atoms with van der Waals surface area (Å²) >= 11 is 0. The number of esters is 1. The van der Waals surface area contributed by atoms with Crippen molar-refractivity contribution in [1.82, 2.24) is 14.5 Å². The lowest BCUT2D eigenvalue weighted by Crippen LogP contribution is -2.45. The van der Waals surface area contributed by atoms with E-state index < -0.39 is 29.3 Å². The van der Waals surface area contributed by atoms with Crippen LogP contribution in [0, 0.1) is 17.1 Å². The molecule has 6 rings (SSSR count). The Morgan fingerprint density at radius 2 is 1.86 bits per heavy atom. The Morgan fingerprint density at radius 3 is 2.55 bits per heavy atom. The summed E-state index contributed by atoms with van der Waals surface area (Å²) in [6.45, 7) is 7.33. The number of imidazole rings is 1. The summed E-state index contributed by atoms with van der Waals surface area (Å²) < 4.78 is 28.3. The van der Waals surface area contributed by atoms with Crippen molar-refractivity contribution in [2.45, 2.75) is 71.5 Å². The summed E-state index contributed by atoms with van der Waals surface area (Å²) in [5.41, 5.74) is 9.70. The Hall–Kier alpha value is -5.70. The molecular weight excluding hydrogens is 627 g/mol. The van der Waals surface area contributed by atoms with Crippen molar-refractivity contribution in [3.8, 4) is 23.1 Å². The number of aromatic nitrogens is 2. The van der Waals surface area contributed by atoms with Gasteiger partial charge in [-0.1, -0.05) is 30.3 Å². The molecule has 2 N–H and O–H groups in total. The molecule has 3 aromatic carbocycles. The molecule has 0 spiro atoms. The molecule has 4 aromatic rings. The number of carbonyl (C=O) groups excluding carboxylic acids is 3. The zero-order valence-corrected chi connectivity index (χ0v) is 27.6. The molecule has 0 radical (unpaired) electrons. The molecule has 2 aliphatic heterocycles. The van der Waals surface area contributed by atoms with E-state index in [0.29, 0.717) is 42.2 Å². The standard InChI is InChI=1S/C37H37FN6O5/c1-37(2,3)49-34(45)14-13-30(35(40)46)44-20-27-26(36(44)47)5-4-6-32(27)48-22-23-7-10-25(11-8-23)31-19-41-33-21-42(15-16-43(31)33)29-12-9-24(18-39)17-28(29)38/h4-12,17,19,30H,13-16,20-22H2,1-3H3,(H2,40,46). The molecule has 0 bridgehead atoms. The van der Waals surface area contributed by atoms with Crippen molar-refractivity contribution in [1.29, 1.82) is 5.26 Å². The molecule has 1 atom stereocenters.